The van der Waals surface area contributed by atoms with Crippen molar-refractivity contribution in [2.75, 3.05) is 6.54 Å². The first-order valence-corrected chi connectivity index (χ1v) is 8.62. The molecule has 1 amide bonds. The van der Waals surface area contributed by atoms with Crippen LogP contribution in [0.2, 0.25) is 5.02 Å². The molecule has 26 heavy (non-hydrogen) atoms. The van der Waals surface area contributed by atoms with E-state index in [9.17, 15) is 4.79 Å². The highest BCUT2D eigenvalue weighted by molar-refractivity contribution is 6.30. The second-order valence-corrected chi connectivity index (χ2v) is 6.06. The molecule has 0 atom stereocenters. The molecule has 2 aromatic heterocycles. The molecule has 6 nitrogen and oxygen atoms in total. The van der Waals surface area contributed by atoms with Crippen LogP contribution in [0.15, 0.2) is 57.6 Å². The normalized spacial score (nSPS) is 11.2. The van der Waals surface area contributed by atoms with Crippen molar-refractivity contribution >= 4 is 23.6 Å². The third kappa shape index (κ3) is 4.61. The Hall–Kier alpha value is -2.86. The summed E-state index contributed by atoms with van der Waals surface area (Å²) in [5.74, 6) is 1.01. The van der Waals surface area contributed by atoms with Crippen LogP contribution in [-0.4, -0.2) is 27.5 Å². The Bertz CT molecular complexity index is 887. The van der Waals surface area contributed by atoms with Crippen LogP contribution in [0.25, 0.3) is 17.7 Å². The summed E-state index contributed by atoms with van der Waals surface area (Å²) < 4.78 is 10.8. The fraction of sp³-hybridized carbons (Fsp3) is 0.211. The van der Waals surface area contributed by atoms with Crippen LogP contribution in [-0.2, 0) is 11.3 Å². The van der Waals surface area contributed by atoms with Gasteiger partial charge in [0.05, 0.1) is 12.8 Å². The van der Waals surface area contributed by atoms with Gasteiger partial charge in [0.1, 0.15) is 0 Å². The van der Waals surface area contributed by atoms with Gasteiger partial charge in [-0.1, -0.05) is 30.7 Å². The first-order valence-electron chi connectivity index (χ1n) is 8.24. The zero-order chi connectivity index (χ0) is 18.4. The van der Waals surface area contributed by atoms with Gasteiger partial charge >= 0.3 is 0 Å². The maximum absolute atomic E-state index is 12.5. The minimum Gasteiger partial charge on any atom is -0.459 e. The molecule has 0 N–H and O–H groups in total. The van der Waals surface area contributed by atoms with E-state index in [1.807, 2.05) is 19.1 Å². The third-order valence-corrected chi connectivity index (χ3v) is 3.83. The zero-order valence-electron chi connectivity index (χ0n) is 14.3. The number of furan rings is 1. The van der Waals surface area contributed by atoms with E-state index in [1.54, 1.807) is 35.2 Å². The van der Waals surface area contributed by atoms with Crippen LogP contribution < -0.4 is 0 Å². The molecule has 0 saturated heterocycles. The van der Waals surface area contributed by atoms with Gasteiger partial charge in [-0.05, 0) is 42.3 Å². The summed E-state index contributed by atoms with van der Waals surface area (Å²) in [5, 5.41) is 8.57. The van der Waals surface area contributed by atoms with Gasteiger partial charge in [-0.15, -0.1) is 10.2 Å². The molecule has 3 aromatic rings. The lowest BCUT2D eigenvalue weighted by atomic mass is 10.2. The molecule has 0 saturated carbocycles. The monoisotopic (exact) mass is 371 g/mol. The standard InChI is InChI=1S/C19H18ClN3O3/c1-2-10-23(18(24)9-8-14-5-3-6-15(20)12-14)13-17-21-22-19(26-17)16-7-4-11-25-16/h3-9,11-12H,2,10,13H2,1H3/b9-8+. The molecule has 2 heterocycles. The highest BCUT2D eigenvalue weighted by atomic mass is 35.5. The third-order valence-electron chi connectivity index (χ3n) is 3.60. The molecule has 0 bridgehead atoms. The van der Waals surface area contributed by atoms with E-state index in [0.717, 1.165) is 12.0 Å². The minimum atomic E-state index is -0.135. The molecule has 0 spiro atoms. The number of carbonyl (C=O) groups excluding carboxylic acids is 1. The number of rotatable bonds is 7. The van der Waals surface area contributed by atoms with E-state index in [0.29, 0.717) is 29.1 Å². The quantitative estimate of drug-likeness (QED) is 0.574. The number of aromatic nitrogens is 2. The maximum Gasteiger partial charge on any atom is 0.283 e. The lowest BCUT2D eigenvalue weighted by Gasteiger charge is -2.18. The van der Waals surface area contributed by atoms with Crippen molar-refractivity contribution in [3.63, 3.8) is 0 Å². The summed E-state index contributed by atoms with van der Waals surface area (Å²) in [7, 11) is 0. The van der Waals surface area contributed by atoms with Gasteiger partial charge < -0.3 is 13.7 Å². The van der Waals surface area contributed by atoms with Gasteiger partial charge in [0, 0.05) is 17.6 Å². The highest BCUT2D eigenvalue weighted by Crippen LogP contribution is 2.19. The fourth-order valence-corrected chi connectivity index (χ4v) is 2.60. The Labute approximate surface area is 156 Å². The number of halogens is 1. The van der Waals surface area contributed by atoms with Gasteiger partial charge in [0.25, 0.3) is 5.89 Å². The molecule has 0 radical (unpaired) electrons. The number of amides is 1. The largest absolute Gasteiger partial charge is 0.459 e. The maximum atomic E-state index is 12.5. The summed E-state index contributed by atoms with van der Waals surface area (Å²) in [5.41, 5.74) is 0.861. The summed E-state index contributed by atoms with van der Waals surface area (Å²) >= 11 is 5.96. The van der Waals surface area contributed by atoms with Crippen molar-refractivity contribution < 1.29 is 13.6 Å². The number of hydrogen-bond acceptors (Lipinski definition) is 5. The number of benzene rings is 1. The molecule has 0 unspecified atom stereocenters. The second-order valence-electron chi connectivity index (χ2n) is 5.63. The van der Waals surface area contributed by atoms with Crippen LogP contribution in [0.3, 0.4) is 0 Å². The summed E-state index contributed by atoms with van der Waals surface area (Å²) in [6.45, 7) is 2.82. The molecule has 134 valence electrons. The number of nitrogens with zero attached hydrogens (tertiary/aromatic N) is 3. The first-order chi connectivity index (χ1) is 12.7. The Morgan fingerprint density at radius 2 is 2.15 bits per heavy atom. The van der Waals surface area contributed by atoms with Crippen LogP contribution in [0, 0.1) is 0 Å². The van der Waals surface area contributed by atoms with E-state index in [-0.39, 0.29) is 12.5 Å². The van der Waals surface area contributed by atoms with Gasteiger partial charge in [-0.3, -0.25) is 4.79 Å². The molecule has 1 aromatic carbocycles. The summed E-state index contributed by atoms with van der Waals surface area (Å²) in [6.07, 6.45) is 5.60. The summed E-state index contributed by atoms with van der Waals surface area (Å²) in [4.78, 5) is 14.2. The van der Waals surface area contributed by atoms with Gasteiger partial charge in [-0.2, -0.15) is 0 Å². The SMILES string of the molecule is CCCN(Cc1nnc(-c2ccco2)o1)C(=O)/C=C/c1cccc(Cl)c1. The fourth-order valence-electron chi connectivity index (χ4n) is 2.40. The van der Waals surface area contributed by atoms with Crippen molar-refractivity contribution in [2.24, 2.45) is 0 Å². The van der Waals surface area contributed by atoms with E-state index < -0.39 is 0 Å². The Morgan fingerprint density at radius 3 is 2.88 bits per heavy atom. The van der Waals surface area contributed by atoms with Crippen LogP contribution in [0.1, 0.15) is 24.8 Å². The molecule has 0 aliphatic heterocycles. The molecule has 7 heteroatoms. The molecule has 0 aliphatic carbocycles. The van der Waals surface area contributed by atoms with Crippen LogP contribution in [0.4, 0.5) is 0 Å². The zero-order valence-corrected chi connectivity index (χ0v) is 15.0. The predicted octanol–water partition coefficient (Wildman–Crippen LogP) is 4.44. The lowest BCUT2D eigenvalue weighted by Crippen LogP contribution is -2.29. The topological polar surface area (TPSA) is 72.4 Å². The van der Waals surface area contributed by atoms with E-state index in [1.165, 1.54) is 12.3 Å². The minimum absolute atomic E-state index is 0.135. The average molecular weight is 372 g/mol. The van der Waals surface area contributed by atoms with Gasteiger partial charge in [-0.25, -0.2) is 0 Å². The van der Waals surface area contributed by atoms with E-state index >= 15 is 0 Å². The number of hydrogen-bond donors (Lipinski definition) is 0. The average Bonchev–Trinajstić information content (AvgIpc) is 3.31. The molecule has 0 aliphatic rings. The van der Waals surface area contributed by atoms with Crippen LogP contribution in [0.5, 0.6) is 0 Å². The Balaban J connectivity index is 1.69. The van der Waals surface area contributed by atoms with Gasteiger partial charge in [0.2, 0.25) is 11.8 Å². The predicted molar refractivity (Wildman–Crippen MR) is 98.2 cm³/mol. The lowest BCUT2D eigenvalue weighted by molar-refractivity contribution is -0.126. The van der Waals surface area contributed by atoms with Crippen molar-refractivity contribution in [2.45, 2.75) is 19.9 Å². The molecule has 0 fully saturated rings. The number of carbonyl (C=O) groups is 1. The van der Waals surface area contributed by atoms with Crippen molar-refractivity contribution in [3.05, 3.63) is 65.2 Å². The van der Waals surface area contributed by atoms with Crippen molar-refractivity contribution in [3.8, 4) is 11.7 Å². The molecular formula is C19H18ClN3O3. The van der Waals surface area contributed by atoms with Crippen molar-refractivity contribution in [1.29, 1.82) is 0 Å². The second kappa shape index (κ2) is 8.49. The van der Waals surface area contributed by atoms with E-state index in [4.69, 9.17) is 20.4 Å². The highest BCUT2D eigenvalue weighted by Gasteiger charge is 2.16. The van der Waals surface area contributed by atoms with Crippen LogP contribution >= 0.6 is 11.6 Å². The van der Waals surface area contributed by atoms with Gasteiger partial charge in [0.15, 0.2) is 5.76 Å². The molecule has 3 rings (SSSR count). The van der Waals surface area contributed by atoms with Crippen molar-refractivity contribution in [1.82, 2.24) is 15.1 Å². The Morgan fingerprint density at radius 1 is 1.27 bits per heavy atom. The van der Waals surface area contributed by atoms with E-state index in [2.05, 4.69) is 10.2 Å². The first kappa shape index (κ1) is 17.9. The molecular weight excluding hydrogens is 354 g/mol. The Kier molecular flexibility index (Phi) is 5.86. The smallest absolute Gasteiger partial charge is 0.283 e. The summed E-state index contributed by atoms with van der Waals surface area (Å²) in [6, 6.07) is 10.8.